The van der Waals surface area contributed by atoms with Crippen molar-refractivity contribution in [1.29, 1.82) is 0 Å². The van der Waals surface area contributed by atoms with Crippen LogP contribution in [0.1, 0.15) is 12.0 Å². The molecule has 1 saturated heterocycles. The fraction of sp³-hybridized carbons (Fsp3) is 0.318. The number of pyridine rings is 2. The fourth-order valence-corrected chi connectivity index (χ4v) is 4.00. The SMILES string of the molecule is Cc1cc2ccc(N3CCCN(C)CC3)nc2n2c1nc1ccccc12.O=CO. The molecule has 0 unspecified atom stereocenters. The highest BCUT2D eigenvalue weighted by atomic mass is 16.3. The summed E-state index contributed by atoms with van der Waals surface area (Å²) in [6.45, 7) is 6.19. The Bertz CT molecular complexity index is 1170. The van der Waals surface area contributed by atoms with Gasteiger partial charge in [-0.3, -0.25) is 9.20 Å². The Hall–Kier alpha value is -3.19. The third-order valence-corrected chi connectivity index (χ3v) is 5.43. The monoisotopic (exact) mass is 391 g/mol. The number of fused-ring (bicyclic) bond motifs is 5. The van der Waals surface area contributed by atoms with Gasteiger partial charge in [-0.1, -0.05) is 12.1 Å². The number of anilines is 1. The third-order valence-electron chi connectivity index (χ3n) is 5.43. The Morgan fingerprint density at radius 1 is 1.00 bits per heavy atom. The van der Waals surface area contributed by atoms with E-state index < -0.39 is 0 Å². The van der Waals surface area contributed by atoms with Crippen LogP contribution in [-0.4, -0.2) is 64.1 Å². The Kier molecular flexibility index (Phi) is 5.31. The number of para-hydroxylation sites is 2. The molecule has 5 rings (SSSR count). The topological polar surface area (TPSA) is 74.0 Å². The highest BCUT2D eigenvalue weighted by molar-refractivity contribution is 5.90. The van der Waals surface area contributed by atoms with Crippen LogP contribution in [0.5, 0.6) is 0 Å². The van der Waals surface area contributed by atoms with E-state index in [4.69, 9.17) is 19.9 Å². The number of likely N-dealkylation sites (N-methyl/N-ethyl adjacent to an activating group) is 1. The summed E-state index contributed by atoms with van der Waals surface area (Å²) in [7, 11) is 2.20. The maximum atomic E-state index is 8.36. The van der Waals surface area contributed by atoms with E-state index in [1.54, 1.807) is 0 Å². The van der Waals surface area contributed by atoms with Crippen molar-refractivity contribution in [2.75, 3.05) is 38.1 Å². The van der Waals surface area contributed by atoms with Gasteiger partial charge in [-0.25, -0.2) is 9.97 Å². The number of rotatable bonds is 1. The second-order valence-electron chi connectivity index (χ2n) is 7.42. The predicted octanol–water partition coefficient (Wildman–Crippen LogP) is 3.19. The molecule has 0 aliphatic carbocycles. The molecule has 7 nitrogen and oxygen atoms in total. The second kappa shape index (κ2) is 8.05. The Labute approximate surface area is 169 Å². The summed E-state index contributed by atoms with van der Waals surface area (Å²) in [5.41, 5.74) is 5.32. The number of carboxylic acid groups (broad SMARTS) is 1. The molecule has 0 saturated carbocycles. The van der Waals surface area contributed by atoms with Crippen molar-refractivity contribution >= 4 is 40.0 Å². The second-order valence-corrected chi connectivity index (χ2v) is 7.42. The summed E-state index contributed by atoms with van der Waals surface area (Å²) in [4.78, 5) is 23.1. The first-order valence-corrected chi connectivity index (χ1v) is 9.81. The average Bonchev–Trinajstić information content (AvgIpc) is 2.98. The summed E-state index contributed by atoms with van der Waals surface area (Å²) in [6, 6.07) is 14.9. The number of benzene rings is 1. The molecule has 0 amide bonds. The van der Waals surface area contributed by atoms with Crippen molar-refractivity contribution in [3.8, 4) is 0 Å². The quantitative estimate of drug-likeness (QED) is 0.503. The summed E-state index contributed by atoms with van der Waals surface area (Å²) < 4.78 is 2.22. The van der Waals surface area contributed by atoms with E-state index in [2.05, 4.69) is 64.6 Å². The largest absolute Gasteiger partial charge is 0.483 e. The molecule has 150 valence electrons. The van der Waals surface area contributed by atoms with Crippen LogP contribution in [0.15, 0.2) is 42.5 Å². The maximum Gasteiger partial charge on any atom is 0.290 e. The molecule has 0 radical (unpaired) electrons. The zero-order valence-electron chi connectivity index (χ0n) is 16.7. The molecule has 0 atom stereocenters. The van der Waals surface area contributed by atoms with Gasteiger partial charge >= 0.3 is 0 Å². The molecule has 0 bridgehead atoms. The molecule has 29 heavy (non-hydrogen) atoms. The van der Waals surface area contributed by atoms with Gasteiger partial charge in [0, 0.05) is 25.0 Å². The Morgan fingerprint density at radius 2 is 1.79 bits per heavy atom. The van der Waals surface area contributed by atoms with E-state index in [9.17, 15) is 0 Å². The molecule has 1 fully saturated rings. The van der Waals surface area contributed by atoms with Gasteiger partial charge in [0.05, 0.1) is 11.0 Å². The van der Waals surface area contributed by atoms with E-state index in [0.29, 0.717) is 0 Å². The van der Waals surface area contributed by atoms with Crippen LogP contribution in [0.4, 0.5) is 5.82 Å². The van der Waals surface area contributed by atoms with Gasteiger partial charge < -0.3 is 14.9 Å². The standard InChI is InChI=1S/C21H23N5.CH2O2/c1-15-14-16-8-9-19(25-11-5-10-24(2)12-13-25)23-21(16)26-18-7-4-3-6-17(18)22-20(15)26;2-1-3/h3-4,6-9,14H,5,10-13H2,1-2H3;1H,(H,2,3). The first-order chi connectivity index (χ1) is 14.1. The van der Waals surface area contributed by atoms with Crippen molar-refractivity contribution < 1.29 is 9.90 Å². The molecule has 4 heterocycles. The van der Waals surface area contributed by atoms with Crippen molar-refractivity contribution in [3.05, 3.63) is 48.0 Å². The van der Waals surface area contributed by atoms with Crippen LogP contribution in [0.25, 0.3) is 27.7 Å². The number of aryl methyl sites for hydroxylation is 1. The van der Waals surface area contributed by atoms with Gasteiger partial charge in [0.1, 0.15) is 17.1 Å². The van der Waals surface area contributed by atoms with Gasteiger partial charge in [-0.2, -0.15) is 0 Å². The minimum atomic E-state index is -0.250. The molecule has 1 aromatic carbocycles. The van der Waals surface area contributed by atoms with E-state index in [1.165, 1.54) is 12.0 Å². The lowest BCUT2D eigenvalue weighted by atomic mass is 10.2. The number of hydrogen-bond acceptors (Lipinski definition) is 5. The van der Waals surface area contributed by atoms with Crippen molar-refractivity contribution in [2.45, 2.75) is 13.3 Å². The number of imidazole rings is 1. The average molecular weight is 391 g/mol. The first-order valence-electron chi connectivity index (χ1n) is 9.81. The van der Waals surface area contributed by atoms with Gasteiger partial charge in [0.15, 0.2) is 0 Å². The van der Waals surface area contributed by atoms with Crippen LogP contribution in [0, 0.1) is 6.92 Å². The normalized spacial score (nSPS) is 15.3. The fourth-order valence-electron chi connectivity index (χ4n) is 4.00. The van der Waals surface area contributed by atoms with Gasteiger partial charge in [-0.15, -0.1) is 0 Å². The van der Waals surface area contributed by atoms with Crippen LogP contribution in [-0.2, 0) is 4.79 Å². The minimum absolute atomic E-state index is 0.250. The molecular formula is C22H25N5O2. The predicted molar refractivity (Wildman–Crippen MR) is 116 cm³/mol. The van der Waals surface area contributed by atoms with Crippen LogP contribution in [0.3, 0.4) is 0 Å². The van der Waals surface area contributed by atoms with Gasteiger partial charge in [-0.05, 0) is 62.8 Å². The lowest BCUT2D eigenvalue weighted by molar-refractivity contribution is -0.122. The van der Waals surface area contributed by atoms with Crippen molar-refractivity contribution in [1.82, 2.24) is 19.3 Å². The van der Waals surface area contributed by atoms with Crippen LogP contribution < -0.4 is 4.90 Å². The van der Waals surface area contributed by atoms with E-state index in [-0.39, 0.29) is 6.47 Å². The number of aromatic nitrogens is 3. The van der Waals surface area contributed by atoms with Gasteiger partial charge in [0.2, 0.25) is 0 Å². The Morgan fingerprint density at radius 3 is 2.62 bits per heavy atom. The molecule has 7 heteroatoms. The Balaban J connectivity index is 0.000000645. The van der Waals surface area contributed by atoms with Crippen molar-refractivity contribution in [2.24, 2.45) is 0 Å². The summed E-state index contributed by atoms with van der Waals surface area (Å²) in [6.07, 6.45) is 1.17. The lowest BCUT2D eigenvalue weighted by Crippen LogP contribution is -2.29. The number of carbonyl (C=O) groups is 1. The zero-order valence-corrected chi connectivity index (χ0v) is 16.7. The van der Waals surface area contributed by atoms with E-state index in [0.717, 1.165) is 59.7 Å². The summed E-state index contributed by atoms with van der Waals surface area (Å²) in [5.74, 6) is 1.07. The number of nitrogens with zero attached hydrogens (tertiary/aromatic N) is 5. The third kappa shape index (κ3) is 3.61. The molecule has 4 aromatic rings. The molecule has 3 aromatic heterocycles. The highest BCUT2D eigenvalue weighted by Gasteiger charge is 2.16. The molecule has 1 N–H and O–H groups in total. The van der Waals surface area contributed by atoms with E-state index in [1.807, 2.05) is 6.07 Å². The summed E-state index contributed by atoms with van der Waals surface area (Å²) in [5, 5.41) is 8.05. The van der Waals surface area contributed by atoms with E-state index >= 15 is 0 Å². The number of hydrogen-bond donors (Lipinski definition) is 1. The molecular weight excluding hydrogens is 366 g/mol. The van der Waals surface area contributed by atoms with Crippen LogP contribution in [0.2, 0.25) is 0 Å². The minimum Gasteiger partial charge on any atom is -0.483 e. The highest BCUT2D eigenvalue weighted by Crippen LogP contribution is 2.27. The molecule has 1 aliphatic rings. The zero-order chi connectivity index (χ0) is 20.4. The summed E-state index contributed by atoms with van der Waals surface area (Å²) >= 11 is 0. The maximum absolute atomic E-state index is 8.36. The first kappa shape index (κ1) is 19.1. The van der Waals surface area contributed by atoms with Gasteiger partial charge in [0.25, 0.3) is 6.47 Å². The van der Waals surface area contributed by atoms with Crippen molar-refractivity contribution in [3.63, 3.8) is 0 Å². The molecule has 1 aliphatic heterocycles. The van der Waals surface area contributed by atoms with Crippen LogP contribution >= 0.6 is 0 Å². The lowest BCUT2D eigenvalue weighted by Gasteiger charge is -2.22. The molecule has 0 spiro atoms. The smallest absolute Gasteiger partial charge is 0.290 e.